The molecular formula is C11H18BrN3O. The Labute approximate surface area is 104 Å². The molecule has 1 heterocycles. The normalized spacial score (nSPS) is 11.5. The second kappa shape index (κ2) is 5.50. The fourth-order valence-corrected chi connectivity index (χ4v) is 1.95. The highest BCUT2D eigenvalue weighted by Gasteiger charge is 2.25. The SMILES string of the molecule is CCC(CC)(CO)Nc1ncc(N)cc1Br. The van der Waals surface area contributed by atoms with Crippen molar-refractivity contribution in [3.05, 3.63) is 16.7 Å². The lowest BCUT2D eigenvalue weighted by Gasteiger charge is -2.31. The summed E-state index contributed by atoms with van der Waals surface area (Å²) in [5, 5.41) is 12.7. The molecule has 0 aromatic carbocycles. The van der Waals surface area contributed by atoms with Crippen molar-refractivity contribution in [2.45, 2.75) is 32.2 Å². The van der Waals surface area contributed by atoms with Crippen LogP contribution in [0, 0.1) is 0 Å². The number of nitrogens with one attached hydrogen (secondary N) is 1. The summed E-state index contributed by atoms with van der Waals surface area (Å²) in [4.78, 5) is 4.21. The lowest BCUT2D eigenvalue weighted by atomic mass is 9.94. The van der Waals surface area contributed by atoms with Crippen molar-refractivity contribution in [3.63, 3.8) is 0 Å². The number of hydrogen-bond acceptors (Lipinski definition) is 4. The van der Waals surface area contributed by atoms with Gasteiger partial charge < -0.3 is 16.2 Å². The third-order valence-electron chi connectivity index (χ3n) is 2.90. The third kappa shape index (κ3) is 2.86. The molecule has 0 radical (unpaired) electrons. The van der Waals surface area contributed by atoms with Gasteiger partial charge in [-0.1, -0.05) is 13.8 Å². The highest BCUT2D eigenvalue weighted by Crippen LogP contribution is 2.27. The second-order valence-electron chi connectivity index (χ2n) is 3.87. The molecule has 1 rings (SSSR count). The number of aliphatic hydroxyl groups excluding tert-OH is 1. The molecule has 0 bridgehead atoms. The fraction of sp³-hybridized carbons (Fsp3) is 0.545. The van der Waals surface area contributed by atoms with E-state index >= 15 is 0 Å². The molecule has 0 saturated heterocycles. The van der Waals surface area contributed by atoms with E-state index in [-0.39, 0.29) is 12.1 Å². The predicted octanol–water partition coefficient (Wildman–Crippen LogP) is 2.39. The number of anilines is 2. The molecule has 16 heavy (non-hydrogen) atoms. The molecule has 0 unspecified atom stereocenters. The Morgan fingerprint density at radius 1 is 1.50 bits per heavy atom. The van der Waals surface area contributed by atoms with Crippen LogP contribution in [-0.2, 0) is 0 Å². The Kier molecular flexibility index (Phi) is 4.56. The number of aromatic nitrogens is 1. The zero-order valence-electron chi connectivity index (χ0n) is 9.63. The number of hydrogen-bond donors (Lipinski definition) is 3. The maximum absolute atomic E-state index is 9.45. The number of aliphatic hydroxyl groups is 1. The van der Waals surface area contributed by atoms with E-state index in [2.05, 4.69) is 26.2 Å². The molecule has 0 aliphatic rings. The van der Waals surface area contributed by atoms with E-state index in [1.165, 1.54) is 0 Å². The zero-order valence-corrected chi connectivity index (χ0v) is 11.2. The van der Waals surface area contributed by atoms with Gasteiger partial charge in [-0.15, -0.1) is 0 Å². The first-order chi connectivity index (χ1) is 7.56. The van der Waals surface area contributed by atoms with E-state index < -0.39 is 0 Å². The van der Waals surface area contributed by atoms with Gasteiger partial charge in [-0.2, -0.15) is 0 Å². The third-order valence-corrected chi connectivity index (χ3v) is 3.51. The Morgan fingerprint density at radius 3 is 2.56 bits per heavy atom. The van der Waals surface area contributed by atoms with E-state index in [1.807, 2.05) is 13.8 Å². The Bertz CT molecular complexity index is 345. The summed E-state index contributed by atoms with van der Waals surface area (Å²) in [5.41, 5.74) is 5.92. The van der Waals surface area contributed by atoms with Crippen molar-refractivity contribution in [1.82, 2.24) is 4.98 Å². The van der Waals surface area contributed by atoms with Crippen LogP contribution < -0.4 is 11.1 Å². The monoisotopic (exact) mass is 287 g/mol. The maximum Gasteiger partial charge on any atom is 0.140 e. The molecule has 4 nitrogen and oxygen atoms in total. The number of nitrogens with zero attached hydrogens (tertiary/aromatic N) is 1. The molecular weight excluding hydrogens is 270 g/mol. The van der Waals surface area contributed by atoms with Gasteiger partial charge in [0.2, 0.25) is 0 Å². The molecule has 0 spiro atoms. The molecule has 0 fully saturated rings. The highest BCUT2D eigenvalue weighted by molar-refractivity contribution is 9.10. The van der Waals surface area contributed by atoms with E-state index in [4.69, 9.17) is 5.73 Å². The summed E-state index contributed by atoms with van der Waals surface area (Å²) >= 11 is 3.40. The summed E-state index contributed by atoms with van der Waals surface area (Å²) in [6, 6.07) is 1.79. The number of nitrogen functional groups attached to an aromatic ring is 1. The van der Waals surface area contributed by atoms with E-state index in [9.17, 15) is 5.11 Å². The molecule has 0 saturated carbocycles. The predicted molar refractivity (Wildman–Crippen MR) is 70.4 cm³/mol. The maximum atomic E-state index is 9.45. The van der Waals surface area contributed by atoms with Crippen LogP contribution in [0.3, 0.4) is 0 Å². The van der Waals surface area contributed by atoms with Crippen LogP contribution in [0.4, 0.5) is 11.5 Å². The summed E-state index contributed by atoms with van der Waals surface area (Å²) in [7, 11) is 0. The van der Waals surface area contributed by atoms with Gasteiger partial charge >= 0.3 is 0 Å². The minimum Gasteiger partial charge on any atom is -0.397 e. The Morgan fingerprint density at radius 2 is 2.12 bits per heavy atom. The molecule has 0 amide bonds. The van der Waals surface area contributed by atoms with Gasteiger partial charge in [0.1, 0.15) is 5.82 Å². The smallest absolute Gasteiger partial charge is 0.140 e. The average Bonchev–Trinajstić information content (AvgIpc) is 2.29. The van der Waals surface area contributed by atoms with E-state index in [0.717, 1.165) is 17.3 Å². The standard InChI is InChI=1S/C11H18BrN3O/c1-3-11(4-2,7-16)15-10-9(12)5-8(13)6-14-10/h5-6,16H,3-4,7,13H2,1-2H3,(H,14,15). The van der Waals surface area contributed by atoms with Gasteiger partial charge in [0, 0.05) is 0 Å². The fourth-order valence-electron chi connectivity index (χ4n) is 1.49. The average molecular weight is 288 g/mol. The Balaban J connectivity index is 2.93. The summed E-state index contributed by atoms with van der Waals surface area (Å²) in [6.45, 7) is 4.16. The molecule has 90 valence electrons. The minimum atomic E-state index is -0.314. The quantitative estimate of drug-likeness (QED) is 0.778. The Hall–Kier alpha value is -0.810. The van der Waals surface area contributed by atoms with Crippen LogP contribution in [0.2, 0.25) is 0 Å². The largest absolute Gasteiger partial charge is 0.397 e. The topological polar surface area (TPSA) is 71.2 Å². The van der Waals surface area contributed by atoms with Gasteiger partial charge in [-0.05, 0) is 34.8 Å². The van der Waals surface area contributed by atoms with Gasteiger partial charge in [0.25, 0.3) is 0 Å². The van der Waals surface area contributed by atoms with Gasteiger partial charge in [0.05, 0.1) is 28.5 Å². The minimum absolute atomic E-state index is 0.0818. The molecule has 1 aromatic heterocycles. The second-order valence-corrected chi connectivity index (χ2v) is 4.72. The number of nitrogens with two attached hydrogens (primary N) is 1. The van der Waals surface area contributed by atoms with Crippen molar-refractivity contribution < 1.29 is 5.11 Å². The summed E-state index contributed by atoms with van der Waals surface area (Å²) in [5.74, 6) is 0.715. The molecule has 0 aliphatic heterocycles. The van der Waals surface area contributed by atoms with Crippen molar-refractivity contribution >= 4 is 27.4 Å². The molecule has 1 aromatic rings. The van der Waals surface area contributed by atoms with Crippen molar-refractivity contribution in [2.75, 3.05) is 17.7 Å². The molecule has 0 aliphatic carbocycles. The van der Waals surface area contributed by atoms with Crippen LogP contribution in [0.5, 0.6) is 0 Å². The molecule has 4 N–H and O–H groups in total. The first kappa shape index (κ1) is 13.3. The van der Waals surface area contributed by atoms with E-state index in [1.54, 1.807) is 12.3 Å². The lowest BCUT2D eigenvalue weighted by Crippen LogP contribution is -2.41. The lowest BCUT2D eigenvalue weighted by molar-refractivity contribution is 0.202. The van der Waals surface area contributed by atoms with Crippen LogP contribution >= 0.6 is 15.9 Å². The zero-order chi connectivity index (χ0) is 12.2. The van der Waals surface area contributed by atoms with Crippen molar-refractivity contribution in [2.24, 2.45) is 0 Å². The number of halogens is 1. The van der Waals surface area contributed by atoms with Gasteiger partial charge in [-0.25, -0.2) is 4.98 Å². The van der Waals surface area contributed by atoms with Crippen LogP contribution in [-0.4, -0.2) is 22.2 Å². The first-order valence-corrected chi connectivity index (χ1v) is 6.16. The van der Waals surface area contributed by atoms with Crippen molar-refractivity contribution in [1.29, 1.82) is 0 Å². The van der Waals surface area contributed by atoms with E-state index in [0.29, 0.717) is 11.5 Å². The summed E-state index contributed by atoms with van der Waals surface area (Å²) in [6.07, 6.45) is 3.26. The van der Waals surface area contributed by atoms with Crippen LogP contribution in [0.15, 0.2) is 16.7 Å². The van der Waals surface area contributed by atoms with Crippen LogP contribution in [0.25, 0.3) is 0 Å². The number of rotatable bonds is 5. The highest BCUT2D eigenvalue weighted by atomic mass is 79.9. The molecule has 5 heteroatoms. The van der Waals surface area contributed by atoms with Gasteiger partial charge in [-0.3, -0.25) is 0 Å². The summed E-state index contributed by atoms with van der Waals surface area (Å²) < 4.78 is 0.812. The first-order valence-electron chi connectivity index (χ1n) is 5.37. The van der Waals surface area contributed by atoms with Gasteiger partial charge in [0.15, 0.2) is 0 Å². The van der Waals surface area contributed by atoms with Crippen molar-refractivity contribution in [3.8, 4) is 0 Å². The molecule has 0 atom stereocenters. The van der Waals surface area contributed by atoms with Crippen LogP contribution in [0.1, 0.15) is 26.7 Å². The number of pyridine rings is 1.